The van der Waals surface area contributed by atoms with Crippen LogP contribution in [0.4, 0.5) is 0 Å². The van der Waals surface area contributed by atoms with E-state index in [4.69, 9.17) is 9.47 Å². The summed E-state index contributed by atoms with van der Waals surface area (Å²) in [6.45, 7) is 0.254. The standard InChI is InChI=1S/C12H11O2/c1-13-9-14-12-8-4-6-10-5-2-3-7-11(10)12/h2-7H,9H2,1H3. The predicted octanol–water partition coefficient (Wildman–Crippen LogP) is 2.62. The summed E-state index contributed by atoms with van der Waals surface area (Å²) in [5, 5.41) is 2.21. The van der Waals surface area contributed by atoms with E-state index in [1.54, 1.807) is 7.11 Å². The number of ether oxygens (including phenoxy) is 2. The van der Waals surface area contributed by atoms with Crippen LogP contribution in [0.2, 0.25) is 0 Å². The molecule has 2 rings (SSSR count). The van der Waals surface area contributed by atoms with Crippen LogP contribution in [0.15, 0.2) is 36.4 Å². The summed E-state index contributed by atoms with van der Waals surface area (Å²) >= 11 is 0. The van der Waals surface area contributed by atoms with Gasteiger partial charge in [0, 0.05) is 18.6 Å². The third-order valence-electron chi connectivity index (χ3n) is 2.00. The average Bonchev–Trinajstić information content (AvgIpc) is 2.26. The fraction of sp³-hybridized carbons (Fsp3) is 0.167. The molecule has 0 saturated heterocycles. The van der Waals surface area contributed by atoms with Crippen LogP contribution in [-0.2, 0) is 4.74 Å². The third-order valence-corrected chi connectivity index (χ3v) is 2.00. The highest BCUT2D eigenvalue weighted by atomic mass is 16.7. The maximum Gasteiger partial charge on any atom is 0.188 e. The quantitative estimate of drug-likeness (QED) is 0.688. The number of methoxy groups -OCH3 is 1. The second kappa shape index (κ2) is 4.11. The van der Waals surface area contributed by atoms with Crippen molar-refractivity contribution in [2.45, 2.75) is 0 Å². The Bertz CT molecular complexity index is 418. The van der Waals surface area contributed by atoms with Gasteiger partial charge in [0.05, 0.1) is 0 Å². The molecule has 0 aromatic heterocycles. The molecular formula is C12H11O2. The summed E-state index contributed by atoms with van der Waals surface area (Å²) in [6.07, 6.45) is 0. The molecule has 0 fully saturated rings. The topological polar surface area (TPSA) is 18.5 Å². The maximum atomic E-state index is 5.39. The van der Waals surface area contributed by atoms with Crippen LogP contribution in [0.1, 0.15) is 0 Å². The smallest absolute Gasteiger partial charge is 0.188 e. The number of rotatable bonds is 3. The third kappa shape index (κ3) is 1.70. The summed E-state index contributed by atoms with van der Waals surface area (Å²) in [4.78, 5) is 0. The van der Waals surface area contributed by atoms with Gasteiger partial charge in [-0.15, -0.1) is 0 Å². The Morgan fingerprint density at radius 1 is 1.21 bits per heavy atom. The molecule has 0 atom stereocenters. The van der Waals surface area contributed by atoms with Crippen molar-refractivity contribution in [3.8, 4) is 5.75 Å². The molecule has 2 aromatic rings. The van der Waals surface area contributed by atoms with Crippen LogP contribution < -0.4 is 4.74 Å². The number of fused-ring (bicyclic) bond motifs is 1. The summed E-state index contributed by atoms with van der Waals surface area (Å²) in [7, 11) is 1.60. The van der Waals surface area contributed by atoms with E-state index < -0.39 is 0 Å². The van der Waals surface area contributed by atoms with Crippen LogP contribution in [0.25, 0.3) is 10.8 Å². The Labute approximate surface area is 83.1 Å². The van der Waals surface area contributed by atoms with Crippen molar-refractivity contribution in [2.24, 2.45) is 0 Å². The van der Waals surface area contributed by atoms with Gasteiger partial charge in [0.2, 0.25) is 0 Å². The molecule has 2 aromatic carbocycles. The fourth-order valence-electron chi connectivity index (χ4n) is 1.37. The highest BCUT2D eigenvalue weighted by Gasteiger charge is 1.99. The molecule has 0 saturated carbocycles. The van der Waals surface area contributed by atoms with Crippen LogP contribution in [-0.4, -0.2) is 13.9 Å². The summed E-state index contributed by atoms with van der Waals surface area (Å²) in [6, 6.07) is 14.9. The molecule has 1 radical (unpaired) electrons. The van der Waals surface area contributed by atoms with E-state index in [2.05, 4.69) is 6.07 Å². The van der Waals surface area contributed by atoms with Gasteiger partial charge in [-0.25, -0.2) is 0 Å². The lowest BCUT2D eigenvalue weighted by atomic mass is 10.1. The van der Waals surface area contributed by atoms with Crippen LogP contribution >= 0.6 is 0 Å². The number of hydrogen-bond donors (Lipinski definition) is 0. The summed E-state index contributed by atoms with van der Waals surface area (Å²) in [5.74, 6) is 0.741. The zero-order chi connectivity index (χ0) is 9.80. The Hall–Kier alpha value is -1.54. The minimum Gasteiger partial charge on any atom is -0.466 e. The van der Waals surface area contributed by atoms with Gasteiger partial charge in [0.15, 0.2) is 6.79 Å². The van der Waals surface area contributed by atoms with E-state index in [1.165, 1.54) is 0 Å². The van der Waals surface area contributed by atoms with E-state index in [-0.39, 0.29) is 6.79 Å². The normalized spacial score (nSPS) is 10.4. The molecule has 14 heavy (non-hydrogen) atoms. The van der Waals surface area contributed by atoms with Gasteiger partial charge in [-0.05, 0) is 11.5 Å². The SMILES string of the molecule is COCOc1[c]ccc2ccccc12. The summed E-state index contributed by atoms with van der Waals surface area (Å²) in [5.41, 5.74) is 0. The number of benzene rings is 2. The maximum absolute atomic E-state index is 5.39. The molecule has 0 N–H and O–H groups in total. The minimum absolute atomic E-state index is 0.254. The van der Waals surface area contributed by atoms with Crippen LogP contribution in [0, 0.1) is 6.07 Å². The Balaban J connectivity index is 2.43. The Morgan fingerprint density at radius 3 is 2.93 bits per heavy atom. The van der Waals surface area contributed by atoms with Crippen molar-refractivity contribution in [3.63, 3.8) is 0 Å². The van der Waals surface area contributed by atoms with Crippen molar-refractivity contribution in [1.82, 2.24) is 0 Å². The highest BCUT2D eigenvalue weighted by molar-refractivity contribution is 5.87. The number of hydrogen-bond acceptors (Lipinski definition) is 2. The molecule has 0 bridgehead atoms. The zero-order valence-corrected chi connectivity index (χ0v) is 7.99. The first-order chi connectivity index (χ1) is 6.92. The molecule has 2 heteroatoms. The van der Waals surface area contributed by atoms with Gasteiger partial charge in [-0.1, -0.05) is 30.3 Å². The Kier molecular flexibility index (Phi) is 2.65. The molecule has 0 heterocycles. The Morgan fingerprint density at radius 2 is 2.07 bits per heavy atom. The first-order valence-electron chi connectivity index (χ1n) is 4.43. The van der Waals surface area contributed by atoms with Gasteiger partial charge in [0.1, 0.15) is 5.75 Å². The molecule has 0 spiro atoms. The molecule has 0 aliphatic rings. The monoisotopic (exact) mass is 187 g/mol. The fourth-order valence-corrected chi connectivity index (χ4v) is 1.37. The molecular weight excluding hydrogens is 176 g/mol. The van der Waals surface area contributed by atoms with Crippen LogP contribution in [0.5, 0.6) is 5.75 Å². The van der Waals surface area contributed by atoms with Crippen molar-refractivity contribution in [1.29, 1.82) is 0 Å². The van der Waals surface area contributed by atoms with Gasteiger partial charge in [0.25, 0.3) is 0 Å². The first kappa shape index (κ1) is 9.03. The van der Waals surface area contributed by atoms with E-state index in [0.717, 1.165) is 16.5 Å². The largest absolute Gasteiger partial charge is 0.466 e. The molecule has 0 amide bonds. The minimum atomic E-state index is 0.254. The lowest BCUT2D eigenvalue weighted by Gasteiger charge is -2.06. The van der Waals surface area contributed by atoms with E-state index in [1.807, 2.05) is 36.4 Å². The van der Waals surface area contributed by atoms with Crippen molar-refractivity contribution in [2.75, 3.05) is 13.9 Å². The second-order valence-corrected chi connectivity index (χ2v) is 2.94. The van der Waals surface area contributed by atoms with E-state index in [0.29, 0.717) is 0 Å². The zero-order valence-electron chi connectivity index (χ0n) is 7.99. The predicted molar refractivity (Wildman–Crippen MR) is 55.3 cm³/mol. The van der Waals surface area contributed by atoms with Crippen molar-refractivity contribution < 1.29 is 9.47 Å². The molecule has 71 valence electrons. The molecule has 0 aliphatic heterocycles. The average molecular weight is 187 g/mol. The highest BCUT2D eigenvalue weighted by Crippen LogP contribution is 2.24. The first-order valence-corrected chi connectivity index (χ1v) is 4.43. The lowest BCUT2D eigenvalue weighted by molar-refractivity contribution is 0.0520. The van der Waals surface area contributed by atoms with Crippen LogP contribution in [0.3, 0.4) is 0 Å². The molecule has 0 unspecified atom stereocenters. The van der Waals surface area contributed by atoms with E-state index in [9.17, 15) is 0 Å². The summed E-state index contributed by atoms with van der Waals surface area (Å²) < 4.78 is 10.2. The van der Waals surface area contributed by atoms with Gasteiger partial charge in [-0.3, -0.25) is 0 Å². The van der Waals surface area contributed by atoms with Crippen molar-refractivity contribution >= 4 is 10.8 Å². The second-order valence-electron chi connectivity index (χ2n) is 2.94. The lowest BCUT2D eigenvalue weighted by Crippen LogP contribution is -1.99. The van der Waals surface area contributed by atoms with Gasteiger partial charge < -0.3 is 9.47 Å². The van der Waals surface area contributed by atoms with Gasteiger partial charge in [-0.2, -0.15) is 0 Å². The van der Waals surface area contributed by atoms with Crippen molar-refractivity contribution in [3.05, 3.63) is 42.5 Å². The van der Waals surface area contributed by atoms with Gasteiger partial charge >= 0.3 is 0 Å². The van der Waals surface area contributed by atoms with E-state index >= 15 is 0 Å². The molecule has 2 nitrogen and oxygen atoms in total. The molecule has 0 aliphatic carbocycles.